The Hall–Kier alpha value is -1.39. The highest BCUT2D eigenvalue weighted by molar-refractivity contribution is 5.76. The van der Waals surface area contributed by atoms with Crippen LogP contribution in [0, 0.1) is 6.92 Å². The van der Waals surface area contributed by atoms with Crippen molar-refractivity contribution < 1.29 is 4.79 Å². The highest BCUT2D eigenvalue weighted by Crippen LogP contribution is 2.17. The van der Waals surface area contributed by atoms with Crippen LogP contribution >= 0.6 is 0 Å². The van der Waals surface area contributed by atoms with Gasteiger partial charge in [-0.2, -0.15) is 0 Å². The van der Waals surface area contributed by atoms with E-state index in [0.29, 0.717) is 0 Å². The smallest absolute Gasteiger partial charge is 0.235 e. The first-order chi connectivity index (χ1) is 6.65. The van der Waals surface area contributed by atoms with Crippen LogP contribution < -0.4 is 17.0 Å². The number of rotatable bonds is 3. The van der Waals surface area contributed by atoms with E-state index >= 15 is 0 Å². The third-order valence-electron chi connectivity index (χ3n) is 2.15. The van der Waals surface area contributed by atoms with E-state index in [2.05, 4.69) is 5.43 Å². The van der Waals surface area contributed by atoms with Crippen molar-refractivity contribution in [3.05, 3.63) is 35.4 Å². The standard InChI is InChI=1S/C10H15N3O/c1-7-4-2-3-5-8(7)9(11)6-10(14)13-12/h2-5,9H,6,11-12H2,1H3,(H,13,14). The summed E-state index contributed by atoms with van der Waals surface area (Å²) in [6.07, 6.45) is 0.210. The molecule has 0 bridgehead atoms. The molecule has 5 N–H and O–H groups in total. The fourth-order valence-electron chi connectivity index (χ4n) is 1.37. The average molecular weight is 193 g/mol. The van der Waals surface area contributed by atoms with E-state index in [4.69, 9.17) is 11.6 Å². The van der Waals surface area contributed by atoms with E-state index in [9.17, 15) is 4.79 Å². The minimum Gasteiger partial charge on any atom is -0.324 e. The number of benzene rings is 1. The lowest BCUT2D eigenvalue weighted by Crippen LogP contribution is -2.32. The Morgan fingerprint density at radius 2 is 2.14 bits per heavy atom. The van der Waals surface area contributed by atoms with Gasteiger partial charge in [-0.15, -0.1) is 0 Å². The van der Waals surface area contributed by atoms with Crippen molar-refractivity contribution >= 4 is 5.91 Å². The summed E-state index contributed by atoms with van der Waals surface area (Å²) in [7, 11) is 0. The van der Waals surface area contributed by atoms with Crippen LogP contribution in [0.5, 0.6) is 0 Å². The maximum atomic E-state index is 11.0. The number of hydrogen-bond donors (Lipinski definition) is 3. The van der Waals surface area contributed by atoms with Crippen LogP contribution in [0.1, 0.15) is 23.6 Å². The molecule has 0 spiro atoms. The van der Waals surface area contributed by atoms with E-state index in [-0.39, 0.29) is 18.4 Å². The third-order valence-corrected chi connectivity index (χ3v) is 2.15. The van der Waals surface area contributed by atoms with Crippen molar-refractivity contribution in [1.29, 1.82) is 0 Å². The van der Waals surface area contributed by atoms with Gasteiger partial charge in [0.25, 0.3) is 0 Å². The summed E-state index contributed by atoms with van der Waals surface area (Å²) in [5, 5.41) is 0. The number of hydrogen-bond acceptors (Lipinski definition) is 3. The third kappa shape index (κ3) is 2.55. The number of carbonyl (C=O) groups is 1. The van der Waals surface area contributed by atoms with Gasteiger partial charge in [-0.1, -0.05) is 24.3 Å². The van der Waals surface area contributed by atoms with Gasteiger partial charge < -0.3 is 5.73 Å². The van der Waals surface area contributed by atoms with Gasteiger partial charge in [0, 0.05) is 12.5 Å². The second-order valence-corrected chi connectivity index (χ2v) is 3.23. The lowest BCUT2D eigenvalue weighted by molar-refractivity contribution is -0.121. The molecule has 0 aliphatic heterocycles. The summed E-state index contributed by atoms with van der Waals surface area (Å²) in [6, 6.07) is 7.44. The summed E-state index contributed by atoms with van der Waals surface area (Å²) >= 11 is 0. The number of hydrazine groups is 1. The summed E-state index contributed by atoms with van der Waals surface area (Å²) in [5.74, 6) is 4.73. The second-order valence-electron chi connectivity index (χ2n) is 3.23. The second kappa shape index (κ2) is 4.74. The molecule has 4 nitrogen and oxygen atoms in total. The molecule has 0 aliphatic rings. The molecular weight excluding hydrogens is 178 g/mol. The highest BCUT2D eigenvalue weighted by Gasteiger charge is 2.11. The van der Waals surface area contributed by atoms with Gasteiger partial charge in [0.2, 0.25) is 5.91 Å². The summed E-state index contributed by atoms with van der Waals surface area (Å²) in [4.78, 5) is 11.0. The van der Waals surface area contributed by atoms with Crippen LogP contribution in [0.25, 0.3) is 0 Å². The van der Waals surface area contributed by atoms with Crippen molar-refractivity contribution in [3.8, 4) is 0 Å². The van der Waals surface area contributed by atoms with Crippen molar-refractivity contribution in [2.45, 2.75) is 19.4 Å². The molecule has 1 atom stereocenters. The number of nitrogens with two attached hydrogens (primary N) is 2. The fraction of sp³-hybridized carbons (Fsp3) is 0.300. The lowest BCUT2D eigenvalue weighted by atomic mass is 9.99. The molecule has 0 saturated heterocycles. The quantitative estimate of drug-likeness (QED) is 0.368. The Bertz CT molecular complexity index is 325. The highest BCUT2D eigenvalue weighted by atomic mass is 16.2. The molecule has 0 heterocycles. The van der Waals surface area contributed by atoms with E-state index in [1.165, 1.54) is 0 Å². The Morgan fingerprint density at radius 1 is 1.50 bits per heavy atom. The normalized spacial score (nSPS) is 12.2. The van der Waals surface area contributed by atoms with Crippen molar-refractivity contribution in [2.75, 3.05) is 0 Å². The number of carbonyl (C=O) groups excluding carboxylic acids is 1. The van der Waals surface area contributed by atoms with E-state index in [1.54, 1.807) is 0 Å². The monoisotopic (exact) mass is 193 g/mol. The zero-order valence-corrected chi connectivity index (χ0v) is 8.16. The summed E-state index contributed by atoms with van der Waals surface area (Å²) in [5.41, 5.74) is 9.99. The first kappa shape index (κ1) is 10.7. The van der Waals surface area contributed by atoms with Gasteiger partial charge in [-0.25, -0.2) is 5.84 Å². The minimum absolute atomic E-state index is 0.210. The minimum atomic E-state index is -0.292. The number of nitrogens with one attached hydrogen (secondary N) is 1. The van der Waals surface area contributed by atoms with Gasteiger partial charge in [-0.3, -0.25) is 10.2 Å². The largest absolute Gasteiger partial charge is 0.324 e. The molecule has 4 heteroatoms. The van der Waals surface area contributed by atoms with Crippen molar-refractivity contribution in [3.63, 3.8) is 0 Å². The lowest BCUT2D eigenvalue weighted by Gasteiger charge is -2.13. The molecule has 1 aromatic rings. The molecule has 1 unspecified atom stereocenters. The van der Waals surface area contributed by atoms with Crippen LogP contribution in [0.4, 0.5) is 0 Å². The average Bonchev–Trinajstić information content (AvgIpc) is 2.18. The van der Waals surface area contributed by atoms with Gasteiger partial charge in [0.1, 0.15) is 0 Å². The first-order valence-electron chi connectivity index (χ1n) is 4.45. The van der Waals surface area contributed by atoms with Gasteiger partial charge in [0.15, 0.2) is 0 Å². The number of amides is 1. The maximum absolute atomic E-state index is 11.0. The topological polar surface area (TPSA) is 81.1 Å². The van der Waals surface area contributed by atoms with Gasteiger partial charge in [-0.05, 0) is 18.1 Å². The van der Waals surface area contributed by atoms with Crippen LogP contribution in [-0.2, 0) is 4.79 Å². The van der Waals surface area contributed by atoms with Gasteiger partial charge in [0.05, 0.1) is 0 Å². The molecular formula is C10H15N3O. The van der Waals surface area contributed by atoms with E-state index in [1.807, 2.05) is 31.2 Å². The molecule has 0 saturated carbocycles. The van der Waals surface area contributed by atoms with Crippen LogP contribution in [0.3, 0.4) is 0 Å². The van der Waals surface area contributed by atoms with Crippen molar-refractivity contribution in [1.82, 2.24) is 5.43 Å². The molecule has 0 aliphatic carbocycles. The predicted molar refractivity (Wildman–Crippen MR) is 55.1 cm³/mol. The van der Waals surface area contributed by atoms with Gasteiger partial charge >= 0.3 is 0 Å². The molecule has 14 heavy (non-hydrogen) atoms. The zero-order chi connectivity index (χ0) is 10.6. The van der Waals surface area contributed by atoms with E-state index < -0.39 is 0 Å². The van der Waals surface area contributed by atoms with Crippen LogP contribution in [0.15, 0.2) is 24.3 Å². The van der Waals surface area contributed by atoms with Crippen molar-refractivity contribution in [2.24, 2.45) is 11.6 Å². The SMILES string of the molecule is Cc1ccccc1C(N)CC(=O)NN. The summed E-state index contributed by atoms with van der Waals surface area (Å²) < 4.78 is 0. The van der Waals surface area contributed by atoms with Crippen LogP contribution in [0.2, 0.25) is 0 Å². The first-order valence-corrected chi connectivity index (χ1v) is 4.45. The Kier molecular flexibility index (Phi) is 3.62. The fourth-order valence-corrected chi connectivity index (χ4v) is 1.37. The molecule has 0 radical (unpaired) electrons. The number of aryl methyl sites for hydroxylation is 1. The summed E-state index contributed by atoms with van der Waals surface area (Å²) in [6.45, 7) is 1.97. The molecule has 1 rings (SSSR count). The molecule has 1 amide bonds. The predicted octanol–water partition coefficient (Wildman–Crippen LogP) is 0.375. The maximum Gasteiger partial charge on any atom is 0.235 e. The Balaban J connectivity index is 2.74. The molecule has 0 fully saturated rings. The molecule has 0 aromatic heterocycles. The van der Waals surface area contributed by atoms with E-state index in [0.717, 1.165) is 11.1 Å². The molecule has 76 valence electrons. The van der Waals surface area contributed by atoms with Crippen LogP contribution in [-0.4, -0.2) is 5.91 Å². The zero-order valence-electron chi connectivity index (χ0n) is 8.16. The Morgan fingerprint density at radius 3 is 2.71 bits per heavy atom. The molecule has 1 aromatic carbocycles. The Labute approximate surface area is 83.3 Å².